The van der Waals surface area contributed by atoms with Crippen LogP contribution in [0.25, 0.3) is 22.0 Å². The summed E-state index contributed by atoms with van der Waals surface area (Å²) in [6.07, 6.45) is 2.22. The average molecular weight is 295 g/mol. The monoisotopic (exact) mass is 295 g/mol. The zero-order valence-electron chi connectivity index (χ0n) is 11.8. The predicted octanol–water partition coefficient (Wildman–Crippen LogP) is 4.06. The van der Waals surface area contributed by atoms with E-state index in [0.29, 0.717) is 6.42 Å². The first-order valence-corrected chi connectivity index (χ1v) is 6.99. The summed E-state index contributed by atoms with van der Waals surface area (Å²) in [6.45, 7) is 0. The number of carboxylic acid groups (broad SMARTS) is 1. The normalized spacial score (nSPS) is 10.8. The summed E-state index contributed by atoms with van der Waals surface area (Å²) in [4.78, 5) is 15.2. The van der Waals surface area contributed by atoms with Crippen LogP contribution in [0.15, 0.2) is 54.7 Å². The lowest BCUT2D eigenvalue weighted by molar-refractivity contribution is -0.136. The van der Waals surface area contributed by atoms with Crippen molar-refractivity contribution in [3.05, 3.63) is 66.1 Å². The second kappa shape index (κ2) is 5.93. The fraction of sp³-hybridized carbons (Fsp3) is 0.111. The molecule has 2 aromatic carbocycles. The standard InChI is InChI=1S/C18H14FNO2/c19-15-5-1-4-13(9-15)14-10-16-12(7-8-18(21)22)3-2-6-17(16)20-11-14/h1-6,9-11H,7-8H2,(H,21,22). The molecule has 0 saturated heterocycles. The molecule has 0 amide bonds. The maximum atomic E-state index is 13.4. The van der Waals surface area contributed by atoms with Gasteiger partial charge in [0.15, 0.2) is 0 Å². The second-order valence-corrected chi connectivity index (χ2v) is 5.11. The number of hydrogen-bond donors (Lipinski definition) is 1. The largest absolute Gasteiger partial charge is 0.481 e. The van der Waals surface area contributed by atoms with Gasteiger partial charge in [0.1, 0.15) is 5.82 Å². The number of hydrogen-bond acceptors (Lipinski definition) is 2. The quantitative estimate of drug-likeness (QED) is 0.789. The molecule has 1 N–H and O–H groups in total. The molecule has 3 aromatic rings. The van der Waals surface area contributed by atoms with Crippen LogP contribution in [0.4, 0.5) is 4.39 Å². The molecule has 0 fully saturated rings. The molecule has 0 aliphatic heterocycles. The Morgan fingerprint density at radius 2 is 1.91 bits per heavy atom. The van der Waals surface area contributed by atoms with Crippen LogP contribution in [-0.2, 0) is 11.2 Å². The van der Waals surface area contributed by atoms with Crippen molar-refractivity contribution < 1.29 is 14.3 Å². The van der Waals surface area contributed by atoms with Crippen molar-refractivity contribution in [2.24, 2.45) is 0 Å². The lowest BCUT2D eigenvalue weighted by Crippen LogP contribution is -1.98. The number of pyridine rings is 1. The molecule has 22 heavy (non-hydrogen) atoms. The highest BCUT2D eigenvalue weighted by Crippen LogP contribution is 2.26. The Kier molecular flexibility index (Phi) is 3.83. The molecule has 3 nitrogen and oxygen atoms in total. The van der Waals surface area contributed by atoms with Crippen LogP contribution in [-0.4, -0.2) is 16.1 Å². The number of aliphatic carboxylic acids is 1. The summed E-state index contributed by atoms with van der Waals surface area (Å²) in [5, 5.41) is 9.76. The molecule has 0 atom stereocenters. The van der Waals surface area contributed by atoms with Crippen LogP contribution in [0.3, 0.4) is 0 Å². The third kappa shape index (κ3) is 2.96. The number of halogens is 1. The summed E-state index contributed by atoms with van der Waals surface area (Å²) < 4.78 is 13.4. The maximum Gasteiger partial charge on any atom is 0.303 e. The van der Waals surface area contributed by atoms with E-state index in [1.807, 2.05) is 30.3 Å². The van der Waals surface area contributed by atoms with E-state index in [0.717, 1.165) is 27.6 Å². The van der Waals surface area contributed by atoms with Gasteiger partial charge in [-0.05, 0) is 41.8 Å². The van der Waals surface area contributed by atoms with Gasteiger partial charge < -0.3 is 5.11 Å². The Bertz CT molecular complexity index is 845. The topological polar surface area (TPSA) is 50.2 Å². The zero-order valence-corrected chi connectivity index (χ0v) is 11.8. The molecule has 3 rings (SSSR count). The highest BCUT2D eigenvalue weighted by molar-refractivity contribution is 5.86. The Labute approximate surface area is 127 Å². The number of aromatic nitrogens is 1. The number of aryl methyl sites for hydroxylation is 1. The number of carboxylic acids is 1. The van der Waals surface area contributed by atoms with Gasteiger partial charge in [-0.25, -0.2) is 4.39 Å². The predicted molar refractivity (Wildman–Crippen MR) is 83.1 cm³/mol. The van der Waals surface area contributed by atoms with E-state index >= 15 is 0 Å². The van der Waals surface area contributed by atoms with Gasteiger partial charge in [0.2, 0.25) is 0 Å². The molecule has 0 unspecified atom stereocenters. The van der Waals surface area contributed by atoms with Gasteiger partial charge in [0, 0.05) is 23.6 Å². The highest BCUT2D eigenvalue weighted by atomic mass is 19.1. The minimum atomic E-state index is -0.828. The smallest absolute Gasteiger partial charge is 0.303 e. The van der Waals surface area contributed by atoms with Gasteiger partial charge in [-0.1, -0.05) is 24.3 Å². The molecule has 4 heteroatoms. The molecular formula is C18H14FNO2. The van der Waals surface area contributed by atoms with Gasteiger partial charge in [-0.15, -0.1) is 0 Å². The summed E-state index contributed by atoms with van der Waals surface area (Å²) in [5.41, 5.74) is 3.31. The Balaban J connectivity index is 2.07. The van der Waals surface area contributed by atoms with Crippen molar-refractivity contribution in [3.63, 3.8) is 0 Å². The van der Waals surface area contributed by atoms with Gasteiger partial charge in [0.25, 0.3) is 0 Å². The van der Waals surface area contributed by atoms with Crippen molar-refractivity contribution in [1.82, 2.24) is 4.98 Å². The van der Waals surface area contributed by atoms with Crippen LogP contribution >= 0.6 is 0 Å². The number of rotatable bonds is 4. The van der Waals surface area contributed by atoms with E-state index in [-0.39, 0.29) is 12.2 Å². The van der Waals surface area contributed by atoms with Crippen LogP contribution in [0, 0.1) is 5.82 Å². The molecule has 0 saturated carbocycles. The first-order valence-electron chi connectivity index (χ1n) is 6.99. The van der Waals surface area contributed by atoms with Crippen LogP contribution < -0.4 is 0 Å². The van der Waals surface area contributed by atoms with E-state index in [1.54, 1.807) is 12.3 Å². The fourth-order valence-electron chi connectivity index (χ4n) is 2.50. The Morgan fingerprint density at radius 3 is 2.68 bits per heavy atom. The number of nitrogens with zero attached hydrogens (tertiary/aromatic N) is 1. The van der Waals surface area contributed by atoms with Crippen LogP contribution in [0.2, 0.25) is 0 Å². The van der Waals surface area contributed by atoms with Crippen molar-refractivity contribution in [3.8, 4) is 11.1 Å². The van der Waals surface area contributed by atoms with Gasteiger partial charge in [-0.3, -0.25) is 9.78 Å². The molecule has 0 radical (unpaired) electrons. The first kappa shape index (κ1) is 14.2. The SMILES string of the molecule is O=C(O)CCc1cccc2ncc(-c3cccc(F)c3)cc12. The van der Waals surface area contributed by atoms with Crippen molar-refractivity contribution in [1.29, 1.82) is 0 Å². The summed E-state index contributed by atoms with van der Waals surface area (Å²) in [5.74, 6) is -1.12. The van der Waals surface area contributed by atoms with Gasteiger partial charge >= 0.3 is 5.97 Å². The molecule has 110 valence electrons. The number of carbonyl (C=O) groups is 1. The number of fused-ring (bicyclic) bond motifs is 1. The van der Waals surface area contributed by atoms with Crippen molar-refractivity contribution >= 4 is 16.9 Å². The summed E-state index contributed by atoms with van der Waals surface area (Å²) in [6, 6.07) is 13.9. The molecule has 0 spiro atoms. The van der Waals surface area contributed by atoms with Crippen molar-refractivity contribution in [2.75, 3.05) is 0 Å². The van der Waals surface area contributed by atoms with E-state index in [4.69, 9.17) is 5.11 Å². The molecule has 1 heterocycles. The molecule has 0 bridgehead atoms. The summed E-state index contributed by atoms with van der Waals surface area (Å²) in [7, 11) is 0. The Hall–Kier alpha value is -2.75. The number of benzene rings is 2. The van der Waals surface area contributed by atoms with E-state index in [2.05, 4.69) is 4.98 Å². The minimum Gasteiger partial charge on any atom is -0.481 e. The third-order valence-electron chi connectivity index (χ3n) is 3.58. The lowest BCUT2D eigenvalue weighted by Gasteiger charge is -2.08. The highest BCUT2D eigenvalue weighted by Gasteiger charge is 2.07. The van der Waals surface area contributed by atoms with Gasteiger partial charge in [0.05, 0.1) is 5.52 Å². The van der Waals surface area contributed by atoms with Crippen LogP contribution in [0.1, 0.15) is 12.0 Å². The lowest BCUT2D eigenvalue weighted by atomic mass is 10.00. The van der Waals surface area contributed by atoms with Gasteiger partial charge in [-0.2, -0.15) is 0 Å². The molecule has 0 aliphatic rings. The minimum absolute atomic E-state index is 0.0727. The van der Waals surface area contributed by atoms with Crippen molar-refractivity contribution in [2.45, 2.75) is 12.8 Å². The summed E-state index contributed by atoms with van der Waals surface area (Å²) >= 11 is 0. The fourth-order valence-corrected chi connectivity index (χ4v) is 2.50. The Morgan fingerprint density at radius 1 is 1.09 bits per heavy atom. The van der Waals surface area contributed by atoms with E-state index < -0.39 is 5.97 Å². The maximum absolute atomic E-state index is 13.4. The van der Waals surface area contributed by atoms with E-state index in [1.165, 1.54) is 12.1 Å². The zero-order chi connectivity index (χ0) is 15.5. The first-order chi connectivity index (χ1) is 10.6. The molecule has 0 aliphatic carbocycles. The molecule has 1 aromatic heterocycles. The van der Waals surface area contributed by atoms with E-state index in [9.17, 15) is 9.18 Å². The molecular weight excluding hydrogens is 281 g/mol. The average Bonchev–Trinajstić information content (AvgIpc) is 2.52. The third-order valence-corrected chi connectivity index (χ3v) is 3.58. The second-order valence-electron chi connectivity index (χ2n) is 5.11. The van der Waals surface area contributed by atoms with Crippen LogP contribution in [0.5, 0.6) is 0 Å².